The molecular weight excluding hydrogens is 174 g/mol. The van der Waals surface area contributed by atoms with E-state index >= 15 is 0 Å². The molecule has 64 valence electrons. The van der Waals surface area contributed by atoms with E-state index in [2.05, 4.69) is 0 Å². The highest BCUT2D eigenvalue weighted by atomic mass is 35.5. The van der Waals surface area contributed by atoms with Gasteiger partial charge in [-0.25, -0.2) is 0 Å². The molecule has 0 radical (unpaired) electrons. The highest BCUT2D eigenvalue weighted by molar-refractivity contribution is 6.68. The SMILES string of the molecule is CN(C)c1ccccc1C(=O)Cl. The second-order valence-electron chi connectivity index (χ2n) is 2.69. The molecule has 2 nitrogen and oxygen atoms in total. The Hall–Kier alpha value is -1.02. The molecule has 0 amide bonds. The summed E-state index contributed by atoms with van der Waals surface area (Å²) in [4.78, 5) is 12.8. The molecule has 0 saturated heterocycles. The van der Waals surface area contributed by atoms with E-state index in [0.29, 0.717) is 5.56 Å². The zero-order valence-electron chi connectivity index (χ0n) is 7.04. The first-order chi connectivity index (χ1) is 5.63. The van der Waals surface area contributed by atoms with Gasteiger partial charge in [-0.15, -0.1) is 0 Å². The van der Waals surface area contributed by atoms with Gasteiger partial charge in [0.1, 0.15) is 0 Å². The third-order valence-corrected chi connectivity index (χ3v) is 1.80. The Morgan fingerprint density at radius 3 is 2.33 bits per heavy atom. The average molecular weight is 184 g/mol. The van der Waals surface area contributed by atoms with Crippen molar-refractivity contribution in [1.82, 2.24) is 0 Å². The van der Waals surface area contributed by atoms with Gasteiger partial charge >= 0.3 is 0 Å². The smallest absolute Gasteiger partial charge is 0.254 e. The van der Waals surface area contributed by atoms with Gasteiger partial charge in [0.25, 0.3) is 5.24 Å². The van der Waals surface area contributed by atoms with Crippen LogP contribution in [0.4, 0.5) is 5.69 Å². The first kappa shape index (κ1) is 9.07. The van der Waals surface area contributed by atoms with Crippen molar-refractivity contribution < 1.29 is 4.79 Å². The van der Waals surface area contributed by atoms with Crippen LogP contribution >= 0.6 is 11.6 Å². The maximum atomic E-state index is 10.9. The number of carbonyl (C=O) groups is 1. The lowest BCUT2D eigenvalue weighted by Crippen LogP contribution is -2.12. The number of nitrogens with zero attached hydrogens (tertiary/aromatic N) is 1. The fourth-order valence-electron chi connectivity index (χ4n) is 1.03. The van der Waals surface area contributed by atoms with Crippen molar-refractivity contribution in [2.75, 3.05) is 19.0 Å². The maximum absolute atomic E-state index is 10.9. The number of anilines is 1. The minimum absolute atomic E-state index is 0.417. The van der Waals surface area contributed by atoms with E-state index in [4.69, 9.17) is 11.6 Å². The van der Waals surface area contributed by atoms with Crippen LogP contribution in [-0.4, -0.2) is 19.3 Å². The molecule has 0 aromatic heterocycles. The predicted molar refractivity (Wildman–Crippen MR) is 51.0 cm³/mol. The standard InChI is InChI=1S/C9H10ClNO/c1-11(2)8-6-4-3-5-7(8)9(10)12/h3-6H,1-2H3. The van der Waals surface area contributed by atoms with Gasteiger partial charge in [0, 0.05) is 19.8 Å². The van der Waals surface area contributed by atoms with Crippen LogP contribution in [-0.2, 0) is 0 Å². The molecule has 1 aromatic rings. The minimum atomic E-state index is -0.417. The topological polar surface area (TPSA) is 20.3 Å². The van der Waals surface area contributed by atoms with Crippen molar-refractivity contribution in [3.05, 3.63) is 29.8 Å². The number of rotatable bonds is 2. The highest BCUT2D eigenvalue weighted by Gasteiger charge is 2.08. The normalized spacial score (nSPS) is 9.58. The molecule has 0 spiro atoms. The van der Waals surface area contributed by atoms with E-state index < -0.39 is 5.24 Å². The minimum Gasteiger partial charge on any atom is -0.377 e. The lowest BCUT2D eigenvalue weighted by atomic mass is 10.2. The summed E-state index contributed by atoms with van der Waals surface area (Å²) in [6.45, 7) is 0. The van der Waals surface area contributed by atoms with Crippen LogP contribution in [0.2, 0.25) is 0 Å². The van der Waals surface area contributed by atoms with Crippen LogP contribution in [0.25, 0.3) is 0 Å². The van der Waals surface area contributed by atoms with E-state index in [0.717, 1.165) is 5.69 Å². The molecular formula is C9H10ClNO. The fourth-order valence-corrected chi connectivity index (χ4v) is 1.19. The molecule has 0 heterocycles. The van der Waals surface area contributed by atoms with Crippen molar-refractivity contribution in [2.45, 2.75) is 0 Å². The van der Waals surface area contributed by atoms with Gasteiger partial charge in [-0.2, -0.15) is 0 Å². The van der Waals surface area contributed by atoms with Gasteiger partial charge in [0.15, 0.2) is 0 Å². The Labute approximate surface area is 76.8 Å². The Bertz CT molecular complexity index is 296. The Morgan fingerprint density at radius 2 is 1.92 bits per heavy atom. The first-order valence-corrected chi connectivity index (χ1v) is 3.97. The molecule has 0 fully saturated rings. The number of para-hydroxylation sites is 1. The molecule has 0 saturated carbocycles. The van der Waals surface area contributed by atoms with Crippen LogP contribution in [0, 0.1) is 0 Å². The molecule has 0 aliphatic heterocycles. The molecule has 0 aliphatic rings. The zero-order chi connectivity index (χ0) is 9.14. The Morgan fingerprint density at radius 1 is 1.33 bits per heavy atom. The molecule has 0 bridgehead atoms. The lowest BCUT2D eigenvalue weighted by Gasteiger charge is -2.14. The van der Waals surface area contributed by atoms with Crippen LogP contribution in [0.5, 0.6) is 0 Å². The molecule has 1 aromatic carbocycles. The molecule has 1 rings (SSSR count). The molecule has 0 unspecified atom stereocenters. The predicted octanol–water partition coefficient (Wildman–Crippen LogP) is 2.13. The van der Waals surface area contributed by atoms with Gasteiger partial charge < -0.3 is 4.90 Å². The molecule has 12 heavy (non-hydrogen) atoms. The summed E-state index contributed by atoms with van der Waals surface area (Å²) in [6, 6.07) is 7.24. The maximum Gasteiger partial charge on any atom is 0.254 e. The summed E-state index contributed by atoms with van der Waals surface area (Å²) in [5, 5.41) is -0.417. The van der Waals surface area contributed by atoms with Crippen molar-refractivity contribution in [3.8, 4) is 0 Å². The second-order valence-corrected chi connectivity index (χ2v) is 3.03. The van der Waals surface area contributed by atoms with Gasteiger partial charge in [0.05, 0.1) is 5.56 Å². The summed E-state index contributed by atoms with van der Waals surface area (Å²) in [5.41, 5.74) is 1.39. The van der Waals surface area contributed by atoms with Gasteiger partial charge in [-0.1, -0.05) is 12.1 Å². The molecule has 0 N–H and O–H groups in total. The van der Waals surface area contributed by atoms with E-state index in [1.54, 1.807) is 12.1 Å². The second kappa shape index (κ2) is 3.59. The van der Waals surface area contributed by atoms with Gasteiger partial charge in [0.2, 0.25) is 0 Å². The van der Waals surface area contributed by atoms with Crippen molar-refractivity contribution in [2.24, 2.45) is 0 Å². The van der Waals surface area contributed by atoms with Crippen molar-refractivity contribution in [3.63, 3.8) is 0 Å². The van der Waals surface area contributed by atoms with E-state index in [9.17, 15) is 4.79 Å². The van der Waals surface area contributed by atoms with E-state index in [1.807, 2.05) is 31.1 Å². The van der Waals surface area contributed by atoms with E-state index in [1.165, 1.54) is 0 Å². The Kier molecular flexibility index (Phi) is 2.71. The van der Waals surface area contributed by atoms with Crippen molar-refractivity contribution in [1.29, 1.82) is 0 Å². The number of hydrogen-bond acceptors (Lipinski definition) is 2. The third-order valence-electron chi connectivity index (χ3n) is 1.60. The van der Waals surface area contributed by atoms with Crippen LogP contribution in [0.1, 0.15) is 10.4 Å². The number of hydrogen-bond donors (Lipinski definition) is 0. The van der Waals surface area contributed by atoms with E-state index in [-0.39, 0.29) is 0 Å². The molecule has 0 atom stereocenters. The monoisotopic (exact) mass is 183 g/mol. The summed E-state index contributed by atoms with van der Waals surface area (Å²) in [5.74, 6) is 0. The summed E-state index contributed by atoms with van der Waals surface area (Å²) in [6.07, 6.45) is 0. The summed E-state index contributed by atoms with van der Waals surface area (Å²) in [7, 11) is 3.75. The quantitative estimate of drug-likeness (QED) is 0.655. The fraction of sp³-hybridized carbons (Fsp3) is 0.222. The van der Waals surface area contributed by atoms with Crippen LogP contribution < -0.4 is 4.90 Å². The number of benzene rings is 1. The van der Waals surface area contributed by atoms with Crippen LogP contribution in [0.3, 0.4) is 0 Å². The average Bonchev–Trinajstić information content (AvgIpc) is 2.04. The lowest BCUT2D eigenvalue weighted by molar-refractivity contribution is 0.108. The summed E-state index contributed by atoms with van der Waals surface area (Å²) < 4.78 is 0. The summed E-state index contributed by atoms with van der Waals surface area (Å²) >= 11 is 5.39. The first-order valence-electron chi connectivity index (χ1n) is 3.59. The van der Waals surface area contributed by atoms with Gasteiger partial charge in [-0.3, -0.25) is 4.79 Å². The molecule has 0 aliphatic carbocycles. The zero-order valence-corrected chi connectivity index (χ0v) is 7.80. The third kappa shape index (κ3) is 1.77. The van der Waals surface area contributed by atoms with Crippen LogP contribution in [0.15, 0.2) is 24.3 Å². The highest BCUT2D eigenvalue weighted by Crippen LogP contribution is 2.19. The largest absolute Gasteiger partial charge is 0.377 e. The van der Waals surface area contributed by atoms with Gasteiger partial charge in [-0.05, 0) is 23.7 Å². The Balaban J connectivity index is 3.17. The molecule has 3 heteroatoms. The number of halogens is 1. The van der Waals surface area contributed by atoms with Crippen molar-refractivity contribution >= 4 is 22.5 Å². The number of carbonyl (C=O) groups excluding carboxylic acids is 1.